The third-order valence-corrected chi connectivity index (χ3v) is 7.20. The lowest BCUT2D eigenvalue weighted by atomic mass is 9.90. The van der Waals surface area contributed by atoms with Crippen LogP contribution in [0.2, 0.25) is 0 Å². The standard InChI is InChI=1S/C27H27N3O6/c1-36-19-9-6-16(7-10-19)13-23(32)29-14-17(15-29)5-8-18-3-2-4-20-24(18)27(35)30(26(20)34)21-11-12-22(31)28-25(21)33/h2-4,6-7,9-10,17,21H,5,8,11-15H2,1H3,(H,28,31,33). The fourth-order valence-corrected chi connectivity index (χ4v) is 5.14. The summed E-state index contributed by atoms with van der Waals surface area (Å²) in [5.41, 5.74) is 2.35. The monoisotopic (exact) mass is 489 g/mol. The minimum Gasteiger partial charge on any atom is -0.497 e. The third-order valence-electron chi connectivity index (χ3n) is 7.20. The average molecular weight is 490 g/mol. The molecule has 0 radical (unpaired) electrons. The van der Waals surface area contributed by atoms with Gasteiger partial charge in [0.15, 0.2) is 0 Å². The summed E-state index contributed by atoms with van der Waals surface area (Å²) in [6.07, 6.45) is 1.94. The van der Waals surface area contributed by atoms with Gasteiger partial charge in [-0.05, 0) is 54.5 Å². The molecule has 2 aromatic carbocycles. The number of imide groups is 2. The summed E-state index contributed by atoms with van der Waals surface area (Å²) in [6.45, 7) is 1.33. The van der Waals surface area contributed by atoms with E-state index >= 15 is 0 Å². The van der Waals surface area contributed by atoms with Crippen molar-refractivity contribution < 1.29 is 28.7 Å². The van der Waals surface area contributed by atoms with Crippen LogP contribution in [0.4, 0.5) is 0 Å². The topological polar surface area (TPSA) is 113 Å². The van der Waals surface area contributed by atoms with E-state index < -0.39 is 29.7 Å². The van der Waals surface area contributed by atoms with Crippen LogP contribution in [0, 0.1) is 5.92 Å². The molecule has 5 amide bonds. The molecule has 1 unspecified atom stereocenters. The van der Waals surface area contributed by atoms with Crippen molar-refractivity contribution in [3.63, 3.8) is 0 Å². The Morgan fingerprint density at radius 2 is 1.78 bits per heavy atom. The fourth-order valence-electron chi connectivity index (χ4n) is 5.14. The van der Waals surface area contributed by atoms with Crippen molar-refractivity contribution in [2.75, 3.05) is 20.2 Å². The highest BCUT2D eigenvalue weighted by Crippen LogP contribution is 2.32. The molecule has 36 heavy (non-hydrogen) atoms. The molecule has 3 heterocycles. The molecule has 3 aliphatic heterocycles. The van der Waals surface area contributed by atoms with E-state index in [0.717, 1.165) is 28.2 Å². The van der Waals surface area contributed by atoms with Gasteiger partial charge in [0.2, 0.25) is 17.7 Å². The summed E-state index contributed by atoms with van der Waals surface area (Å²) in [7, 11) is 1.60. The lowest BCUT2D eigenvalue weighted by Crippen LogP contribution is -2.54. The Balaban J connectivity index is 1.18. The fraction of sp³-hybridized carbons (Fsp3) is 0.370. The van der Waals surface area contributed by atoms with Gasteiger partial charge in [0.05, 0.1) is 24.7 Å². The van der Waals surface area contributed by atoms with Crippen LogP contribution in [0.5, 0.6) is 5.75 Å². The summed E-state index contributed by atoms with van der Waals surface area (Å²) in [5, 5.41) is 2.22. The molecule has 2 fully saturated rings. The van der Waals surface area contributed by atoms with Crippen molar-refractivity contribution in [3.8, 4) is 5.75 Å². The molecule has 9 nitrogen and oxygen atoms in total. The van der Waals surface area contributed by atoms with Crippen molar-refractivity contribution in [2.45, 2.75) is 38.1 Å². The summed E-state index contributed by atoms with van der Waals surface area (Å²) in [6, 6.07) is 11.7. The number of likely N-dealkylation sites (tertiary alicyclic amines) is 1. The number of rotatable bonds is 7. The first-order valence-corrected chi connectivity index (χ1v) is 12.1. The molecule has 0 saturated carbocycles. The molecule has 0 aromatic heterocycles. The summed E-state index contributed by atoms with van der Waals surface area (Å²) >= 11 is 0. The largest absolute Gasteiger partial charge is 0.497 e. The second-order valence-electron chi connectivity index (χ2n) is 9.52. The number of methoxy groups -OCH3 is 1. The minimum absolute atomic E-state index is 0.0812. The number of nitrogens with one attached hydrogen (secondary N) is 1. The van der Waals surface area contributed by atoms with Crippen molar-refractivity contribution in [1.29, 1.82) is 0 Å². The molecule has 2 saturated heterocycles. The van der Waals surface area contributed by atoms with Gasteiger partial charge in [-0.2, -0.15) is 0 Å². The Morgan fingerprint density at radius 3 is 2.47 bits per heavy atom. The van der Waals surface area contributed by atoms with E-state index in [-0.39, 0.29) is 18.7 Å². The number of piperidine rings is 1. The number of ether oxygens (including phenoxy) is 1. The van der Waals surface area contributed by atoms with E-state index in [1.807, 2.05) is 35.2 Å². The van der Waals surface area contributed by atoms with Gasteiger partial charge in [0, 0.05) is 19.5 Å². The van der Waals surface area contributed by atoms with Gasteiger partial charge >= 0.3 is 0 Å². The van der Waals surface area contributed by atoms with E-state index in [2.05, 4.69) is 5.32 Å². The van der Waals surface area contributed by atoms with Crippen LogP contribution in [-0.4, -0.2) is 65.6 Å². The Kier molecular flexibility index (Phi) is 6.30. The zero-order valence-corrected chi connectivity index (χ0v) is 20.0. The smallest absolute Gasteiger partial charge is 0.262 e. The number of hydrogen-bond donors (Lipinski definition) is 1. The molecule has 0 spiro atoms. The van der Waals surface area contributed by atoms with Crippen LogP contribution in [0.1, 0.15) is 51.1 Å². The maximum atomic E-state index is 13.2. The quantitative estimate of drug-likeness (QED) is 0.593. The van der Waals surface area contributed by atoms with E-state index in [0.29, 0.717) is 43.0 Å². The van der Waals surface area contributed by atoms with Gasteiger partial charge in [-0.25, -0.2) is 0 Å². The number of benzene rings is 2. The van der Waals surface area contributed by atoms with Crippen molar-refractivity contribution in [2.24, 2.45) is 5.92 Å². The van der Waals surface area contributed by atoms with Gasteiger partial charge in [-0.3, -0.25) is 34.2 Å². The number of fused-ring (bicyclic) bond motifs is 1. The number of amides is 5. The van der Waals surface area contributed by atoms with Crippen LogP contribution < -0.4 is 10.1 Å². The lowest BCUT2D eigenvalue weighted by Gasteiger charge is -2.39. The van der Waals surface area contributed by atoms with Crippen LogP contribution in [0.3, 0.4) is 0 Å². The average Bonchev–Trinajstić information content (AvgIpc) is 3.09. The molecule has 1 atom stereocenters. The van der Waals surface area contributed by atoms with E-state index in [9.17, 15) is 24.0 Å². The predicted octanol–water partition coefficient (Wildman–Crippen LogP) is 1.73. The normalized spacial score (nSPS) is 19.8. The molecule has 5 rings (SSSR count). The Bertz CT molecular complexity index is 1250. The Hall–Kier alpha value is -4.01. The Morgan fingerprint density at radius 1 is 1.03 bits per heavy atom. The van der Waals surface area contributed by atoms with Crippen LogP contribution >= 0.6 is 0 Å². The van der Waals surface area contributed by atoms with Gasteiger partial charge in [-0.15, -0.1) is 0 Å². The first-order valence-electron chi connectivity index (χ1n) is 12.1. The van der Waals surface area contributed by atoms with Gasteiger partial charge < -0.3 is 9.64 Å². The van der Waals surface area contributed by atoms with Crippen LogP contribution in [0.25, 0.3) is 0 Å². The molecule has 2 aromatic rings. The number of nitrogens with zero attached hydrogens (tertiary/aromatic N) is 2. The first kappa shape index (κ1) is 23.7. The molecule has 1 N–H and O–H groups in total. The molecular weight excluding hydrogens is 462 g/mol. The van der Waals surface area contributed by atoms with E-state index in [1.54, 1.807) is 19.2 Å². The number of aryl methyl sites for hydroxylation is 1. The molecule has 0 aliphatic carbocycles. The van der Waals surface area contributed by atoms with Crippen molar-refractivity contribution >= 4 is 29.5 Å². The molecule has 9 heteroatoms. The number of carbonyl (C=O) groups excluding carboxylic acids is 5. The lowest BCUT2D eigenvalue weighted by molar-refractivity contribution is -0.137. The highest BCUT2D eigenvalue weighted by molar-refractivity contribution is 6.24. The first-order chi connectivity index (χ1) is 17.4. The highest BCUT2D eigenvalue weighted by atomic mass is 16.5. The zero-order chi connectivity index (χ0) is 25.4. The predicted molar refractivity (Wildman–Crippen MR) is 128 cm³/mol. The SMILES string of the molecule is COc1ccc(CC(=O)N2CC(CCc3cccc4c3C(=O)N(C3CCC(=O)NC3=O)C4=O)C2)cc1. The summed E-state index contributed by atoms with van der Waals surface area (Å²) in [4.78, 5) is 65.4. The summed E-state index contributed by atoms with van der Waals surface area (Å²) < 4.78 is 5.15. The second kappa shape index (κ2) is 9.56. The number of hydrogen-bond acceptors (Lipinski definition) is 6. The minimum atomic E-state index is -0.972. The van der Waals surface area contributed by atoms with Crippen LogP contribution in [0.15, 0.2) is 42.5 Å². The van der Waals surface area contributed by atoms with Gasteiger partial charge in [0.1, 0.15) is 11.8 Å². The molecule has 186 valence electrons. The number of carbonyl (C=O) groups is 5. The maximum Gasteiger partial charge on any atom is 0.262 e. The van der Waals surface area contributed by atoms with Gasteiger partial charge in [0.25, 0.3) is 11.8 Å². The Labute approximate surface area is 208 Å². The molecule has 3 aliphatic rings. The van der Waals surface area contributed by atoms with Crippen molar-refractivity contribution in [3.05, 3.63) is 64.7 Å². The van der Waals surface area contributed by atoms with E-state index in [4.69, 9.17) is 4.74 Å². The molecule has 0 bridgehead atoms. The third kappa shape index (κ3) is 4.36. The van der Waals surface area contributed by atoms with Crippen molar-refractivity contribution in [1.82, 2.24) is 15.1 Å². The maximum absolute atomic E-state index is 13.2. The second-order valence-corrected chi connectivity index (χ2v) is 9.52. The molecular formula is C27H27N3O6. The summed E-state index contributed by atoms with van der Waals surface area (Å²) in [5.74, 6) is -0.836. The zero-order valence-electron chi connectivity index (χ0n) is 20.0. The van der Waals surface area contributed by atoms with E-state index in [1.165, 1.54) is 0 Å². The van der Waals surface area contributed by atoms with Crippen LogP contribution in [-0.2, 0) is 27.2 Å². The van der Waals surface area contributed by atoms with Gasteiger partial charge in [-0.1, -0.05) is 24.3 Å². The highest BCUT2D eigenvalue weighted by Gasteiger charge is 2.45.